The summed E-state index contributed by atoms with van der Waals surface area (Å²) in [4.78, 5) is 12.2. The number of fused-ring (bicyclic) bond motifs is 2. The van der Waals surface area contributed by atoms with Gasteiger partial charge in [0.25, 0.3) is 5.91 Å². The van der Waals surface area contributed by atoms with Gasteiger partial charge >= 0.3 is 0 Å². The Labute approximate surface area is 125 Å². The summed E-state index contributed by atoms with van der Waals surface area (Å²) in [6.07, 6.45) is 3.93. The van der Waals surface area contributed by atoms with Gasteiger partial charge in [0.2, 0.25) is 0 Å². The van der Waals surface area contributed by atoms with Crippen LogP contribution < -0.4 is 5.32 Å². The lowest BCUT2D eigenvalue weighted by atomic mass is 9.45. The standard InChI is InChI=1S/C17H22ClNO/c1-17(2)13-7-6-12(15(17)9-13)10-19-16(20)11-4-3-5-14(18)8-11/h3-5,8,12-13,15H,6-7,9-10H2,1-2H3,(H,19,20)/t12-,13-,15-/m0/s1. The van der Waals surface area contributed by atoms with Crippen molar-refractivity contribution in [1.82, 2.24) is 5.32 Å². The highest BCUT2D eigenvalue weighted by Crippen LogP contribution is 2.61. The molecule has 1 amide bonds. The van der Waals surface area contributed by atoms with Gasteiger partial charge in [0.1, 0.15) is 0 Å². The minimum atomic E-state index is -0.00764. The fraction of sp³-hybridized carbons (Fsp3) is 0.588. The Kier molecular flexibility index (Phi) is 3.53. The molecule has 2 bridgehead atoms. The number of hydrogen-bond acceptors (Lipinski definition) is 1. The van der Waals surface area contributed by atoms with Crippen LogP contribution in [-0.4, -0.2) is 12.5 Å². The maximum Gasteiger partial charge on any atom is 0.251 e. The molecule has 1 aromatic rings. The van der Waals surface area contributed by atoms with E-state index in [4.69, 9.17) is 11.6 Å². The van der Waals surface area contributed by atoms with Gasteiger partial charge in [-0.1, -0.05) is 31.5 Å². The van der Waals surface area contributed by atoms with Crippen LogP contribution in [0.5, 0.6) is 0 Å². The number of benzene rings is 1. The summed E-state index contributed by atoms with van der Waals surface area (Å²) < 4.78 is 0. The van der Waals surface area contributed by atoms with Crippen LogP contribution >= 0.6 is 11.6 Å². The molecule has 108 valence electrons. The van der Waals surface area contributed by atoms with Crippen LogP contribution in [0.15, 0.2) is 24.3 Å². The largest absolute Gasteiger partial charge is 0.352 e. The molecule has 0 unspecified atom stereocenters. The van der Waals surface area contributed by atoms with Crippen molar-refractivity contribution in [3.05, 3.63) is 34.9 Å². The third-order valence-corrected chi connectivity index (χ3v) is 5.85. The average Bonchev–Trinajstić information content (AvgIpc) is 2.44. The average molecular weight is 292 g/mol. The summed E-state index contributed by atoms with van der Waals surface area (Å²) >= 11 is 5.92. The quantitative estimate of drug-likeness (QED) is 0.891. The van der Waals surface area contributed by atoms with Crippen molar-refractivity contribution in [1.29, 1.82) is 0 Å². The third kappa shape index (κ3) is 2.35. The number of carbonyl (C=O) groups excluding carboxylic acids is 1. The Bertz CT molecular complexity index is 523. The lowest BCUT2D eigenvalue weighted by molar-refractivity contribution is -0.103. The normalized spacial score (nSPS) is 30.4. The predicted molar refractivity (Wildman–Crippen MR) is 81.9 cm³/mol. The summed E-state index contributed by atoms with van der Waals surface area (Å²) in [6, 6.07) is 7.14. The van der Waals surface area contributed by atoms with Gasteiger partial charge in [-0.25, -0.2) is 0 Å². The Balaban J connectivity index is 1.58. The Morgan fingerprint density at radius 1 is 1.40 bits per heavy atom. The summed E-state index contributed by atoms with van der Waals surface area (Å²) in [5.41, 5.74) is 1.13. The number of rotatable bonds is 3. The van der Waals surface area contributed by atoms with E-state index in [1.54, 1.807) is 12.1 Å². The molecule has 1 aromatic carbocycles. The van der Waals surface area contributed by atoms with Gasteiger partial charge in [0, 0.05) is 17.1 Å². The van der Waals surface area contributed by atoms with Crippen LogP contribution in [0.3, 0.4) is 0 Å². The van der Waals surface area contributed by atoms with Crippen LogP contribution in [0.2, 0.25) is 5.02 Å². The van der Waals surface area contributed by atoms with Gasteiger partial charge in [-0.2, -0.15) is 0 Å². The van der Waals surface area contributed by atoms with Crippen LogP contribution in [0.1, 0.15) is 43.5 Å². The minimum absolute atomic E-state index is 0.00764. The highest BCUT2D eigenvalue weighted by molar-refractivity contribution is 6.30. The molecule has 0 radical (unpaired) electrons. The molecule has 3 aliphatic carbocycles. The summed E-state index contributed by atoms with van der Waals surface area (Å²) in [6.45, 7) is 5.57. The van der Waals surface area contributed by atoms with E-state index < -0.39 is 0 Å². The zero-order valence-corrected chi connectivity index (χ0v) is 12.9. The highest BCUT2D eigenvalue weighted by Gasteiger charge is 2.53. The first kappa shape index (κ1) is 13.9. The van der Waals surface area contributed by atoms with E-state index in [1.165, 1.54) is 19.3 Å². The maximum absolute atomic E-state index is 12.2. The molecule has 3 fully saturated rings. The molecular weight excluding hydrogens is 270 g/mol. The second kappa shape index (κ2) is 5.07. The van der Waals surface area contributed by atoms with Crippen molar-refractivity contribution in [3.8, 4) is 0 Å². The van der Waals surface area contributed by atoms with Crippen molar-refractivity contribution in [3.63, 3.8) is 0 Å². The van der Waals surface area contributed by atoms with Crippen LogP contribution in [0.25, 0.3) is 0 Å². The number of halogens is 1. The fourth-order valence-corrected chi connectivity index (χ4v) is 4.35. The first-order valence-electron chi connectivity index (χ1n) is 7.52. The molecular formula is C17H22ClNO. The smallest absolute Gasteiger partial charge is 0.251 e. The molecule has 3 atom stereocenters. The molecule has 3 saturated carbocycles. The van der Waals surface area contributed by atoms with Crippen molar-refractivity contribution in [2.75, 3.05) is 6.54 Å². The van der Waals surface area contributed by atoms with Crippen LogP contribution in [-0.2, 0) is 0 Å². The molecule has 0 aromatic heterocycles. The van der Waals surface area contributed by atoms with Crippen molar-refractivity contribution in [2.45, 2.75) is 33.1 Å². The number of carbonyl (C=O) groups is 1. The van der Waals surface area contributed by atoms with E-state index in [-0.39, 0.29) is 5.91 Å². The van der Waals surface area contributed by atoms with Gasteiger partial charge in [-0.05, 0) is 60.6 Å². The maximum atomic E-state index is 12.2. The van der Waals surface area contributed by atoms with Crippen molar-refractivity contribution in [2.24, 2.45) is 23.2 Å². The first-order valence-corrected chi connectivity index (χ1v) is 7.90. The second-order valence-corrected chi connectivity index (χ2v) is 7.35. The van der Waals surface area contributed by atoms with Gasteiger partial charge in [0.15, 0.2) is 0 Å². The summed E-state index contributed by atoms with van der Waals surface area (Å²) in [5.74, 6) is 2.32. The van der Waals surface area contributed by atoms with Crippen LogP contribution in [0, 0.1) is 23.2 Å². The second-order valence-electron chi connectivity index (χ2n) is 6.92. The monoisotopic (exact) mass is 291 g/mol. The Morgan fingerprint density at radius 2 is 2.20 bits per heavy atom. The fourth-order valence-electron chi connectivity index (χ4n) is 4.16. The van der Waals surface area contributed by atoms with E-state index in [0.717, 1.165) is 18.4 Å². The molecule has 4 rings (SSSR count). The molecule has 20 heavy (non-hydrogen) atoms. The number of amides is 1. The highest BCUT2D eigenvalue weighted by atomic mass is 35.5. The van der Waals surface area contributed by atoms with Crippen LogP contribution in [0.4, 0.5) is 0 Å². The zero-order valence-electron chi connectivity index (χ0n) is 12.2. The number of hydrogen-bond donors (Lipinski definition) is 1. The van der Waals surface area contributed by atoms with E-state index in [1.807, 2.05) is 12.1 Å². The van der Waals surface area contributed by atoms with E-state index in [2.05, 4.69) is 19.2 Å². The minimum Gasteiger partial charge on any atom is -0.352 e. The molecule has 3 aliphatic rings. The van der Waals surface area contributed by atoms with Gasteiger partial charge in [-0.15, -0.1) is 0 Å². The van der Waals surface area contributed by atoms with Crippen molar-refractivity contribution < 1.29 is 4.79 Å². The van der Waals surface area contributed by atoms with Gasteiger partial charge in [-0.3, -0.25) is 4.79 Å². The first-order chi connectivity index (χ1) is 9.48. The lowest BCUT2D eigenvalue weighted by Gasteiger charge is -2.60. The van der Waals surface area contributed by atoms with Crippen molar-refractivity contribution >= 4 is 17.5 Å². The molecule has 2 nitrogen and oxygen atoms in total. The Morgan fingerprint density at radius 3 is 2.85 bits per heavy atom. The summed E-state index contributed by atoms with van der Waals surface area (Å²) in [5, 5.41) is 3.70. The van der Waals surface area contributed by atoms with E-state index in [0.29, 0.717) is 21.9 Å². The lowest BCUT2D eigenvalue weighted by Crippen LogP contribution is -2.54. The molecule has 0 heterocycles. The number of nitrogens with one attached hydrogen (secondary N) is 1. The molecule has 0 aliphatic heterocycles. The zero-order chi connectivity index (χ0) is 14.3. The molecule has 1 N–H and O–H groups in total. The Hall–Kier alpha value is -1.02. The SMILES string of the molecule is CC1(C)[C@H]2CC[C@@H](CNC(=O)c3cccc(Cl)c3)[C@@H]1C2. The van der Waals surface area contributed by atoms with E-state index >= 15 is 0 Å². The molecule has 0 spiro atoms. The van der Waals surface area contributed by atoms with E-state index in [9.17, 15) is 4.79 Å². The predicted octanol–water partition coefficient (Wildman–Crippen LogP) is 4.14. The molecule has 0 saturated heterocycles. The summed E-state index contributed by atoms with van der Waals surface area (Å²) in [7, 11) is 0. The van der Waals surface area contributed by atoms with Gasteiger partial charge in [0.05, 0.1) is 0 Å². The van der Waals surface area contributed by atoms with Gasteiger partial charge < -0.3 is 5.32 Å². The topological polar surface area (TPSA) is 29.1 Å². The third-order valence-electron chi connectivity index (χ3n) is 5.61. The molecule has 3 heteroatoms.